The van der Waals surface area contributed by atoms with Crippen LogP contribution in [-0.4, -0.2) is 34.9 Å². The van der Waals surface area contributed by atoms with Crippen molar-refractivity contribution in [2.45, 2.75) is 13.8 Å². The third-order valence-electron chi connectivity index (χ3n) is 3.78. The number of nitrogens with two attached hydrogens (primary N) is 2. The normalized spacial score (nSPS) is 10.3. The number of carbonyl (C=O) groups excluding carboxylic acids is 2. The van der Waals surface area contributed by atoms with Gasteiger partial charge in [-0.05, 0) is 49.4 Å². The third-order valence-corrected chi connectivity index (χ3v) is 4.30. The van der Waals surface area contributed by atoms with E-state index in [9.17, 15) is 9.59 Å². The minimum absolute atomic E-state index is 0. The number of Topliss-reactive ketones (excluding diaryl/α,β-unsaturated/α-hetero) is 2. The largest absolute Gasteiger partial charge is 0.362 e. The average molecular weight is 512 g/mol. The van der Waals surface area contributed by atoms with Crippen LogP contribution in [0, 0.1) is 0 Å². The molecule has 1 aliphatic carbocycles. The van der Waals surface area contributed by atoms with Crippen LogP contribution in [0.4, 0.5) is 0 Å². The molecule has 1 aliphatic rings. The summed E-state index contributed by atoms with van der Waals surface area (Å²) in [5.74, 6) is 8.99. The van der Waals surface area contributed by atoms with Crippen LogP contribution in [0.15, 0.2) is 48.5 Å². The molecule has 11 heteroatoms. The molecule has 8 nitrogen and oxygen atoms in total. The Morgan fingerprint density at radius 1 is 0.710 bits per heavy atom. The number of thiocarbonyl (C=S) groups is 2. The zero-order valence-electron chi connectivity index (χ0n) is 17.5. The molecule has 2 aromatic rings. The molecule has 0 radical (unpaired) electrons. The molecule has 0 saturated carbocycles. The Hall–Kier alpha value is -2.30. The minimum Gasteiger partial charge on any atom is -0.362 e. The summed E-state index contributed by atoms with van der Waals surface area (Å²) in [6, 6.07) is 14.4. The standard InChI is InChI=1S/C14H8O2.2C3H9N3S.Zn/c15-13-11-7-3-1-5-9(11)10-6-2-4-8-12(10)14(13)16;2*1-2-5-3(7)6-4;/h1-8H;2*2,4H2,1H3,(H2,5,6,7);. The van der Waals surface area contributed by atoms with Crippen molar-refractivity contribution in [1.82, 2.24) is 21.5 Å². The van der Waals surface area contributed by atoms with E-state index in [2.05, 4.69) is 45.9 Å². The summed E-state index contributed by atoms with van der Waals surface area (Å²) in [6.07, 6.45) is 0. The number of hydrogen-bond acceptors (Lipinski definition) is 6. The quantitative estimate of drug-likeness (QED) is 0.115. The molecular weight excluding hydrogens is 486 g/mol. The molecule has 0 heterocycles. The van der Waals surface area contributed by atoms with Crippen molar-refractivity contribution < 1.29 is 29.1 Å². The molecule has 0 bridgehead atoms. The van der Waals surface area contributed by atoms with Crippen molar-refractivity contribution in [1.29, 1.82) is 0 Å². The van der Waals surface area contributed by atoms with Gasteiger partial charge in [0.2, 0.25) is 11.6 Å². The second-order valence-electron chi connectivity index (χ2n) is 5.76. The number of carbonyl (C=O) groups is 2. The summed E-state index contributed by atoms with van der Waals surface area (Å²) in [4.78, 5) is 23.7. The Bertz CT molecular complexity index is 837. The van der Waals surface area contributed by atoms with Crippen LogP contribution in [-0.2, 0) is 19.5 Å². The van der Waals surface area contributed by atoms with E-state index in [0.717, 1.165) is 24.2 Å². The minimum atomic E-state index is -0.408. The zero-order valence-corrected chi connectivity index (χ0v) is 22.1. The fraction of sp³-hybridized carbons (Fsp3) is 0.200. The summed E-state index contributed by atoms with van der Waals surface area (Å²) in [5.41, 5.74) is 7.28. The molecule has 3 rings (SSSR count). The Kier molecular flexibility index (Phi) is 14.3. The number of fused-ring (bicyclic) bond motifs is 3. The van der Waals surface area contributed by atoms with Gasteiger partial charge in [-0.25, -0.2) is 11.7 Å². The van der Waals surface area contributed by atoms with Gasteiger partial charge in [0.05, 0.1) is 0 Å². The maximum atomic E-state index is 11.8. The van der Waals surface area contributed by atoms with Gasteiger partial charge in [0.1, 0.15) is 0 Å². The second kappa shape index (κ2) is 15.5. The Morgan fingerprint density at radius 3 is 1.23 bits per heavy atom. The Labute approximate surface area is 205 Å². The topological polar surface area (TPSA) is 134 Å². The van der Waals surface area contributed by atoms with Gasteiger partial charge >= 0.3 is 0 Å². The van der Waals surface area contributed by atoms with Crippen molar-refractivity contribution >= 4 is 46.2 Å². The van der Waals surface area contributed by atoms with E-state index in [0.29, 0.717) is 21.4 Å². The monoisotopic (exact) mass is 510 g/mol. The Balaban J connectivity index is 0.000000510. The van der Waals surface area contributed by atoms with Crippen LogP contribution in [0.5, 0.6) is 0 Å². The number of rotatable bonds is 2. The fourth-order valence-corrected chi connectivity index (χ4v) is 2.79. The molecule has 31 heavy (non-hydrogen) atoms. The summed E-state index contributed by atoms with van der Waals surface area (Å²) in [7, 11) is 0. The molecule has 0 unspecified atom stereocenters. The smallest absolute Gasteiger partial charge is 0.234 e. The SMILES string of the molecule is CCNC(=S)NN.CCNC(=S)NN.O=C1C(=O)c2ccccc2-c2ccccc21.[Zn]. The van der Waals surface area contributed by atoms with Crippen molar-refractivity contribution in [2.75, 3.05) is 13.1 Å². The average Bonchev–Trinajstić information content (AvgIpc) is 2.78. The van der Waals surface area contributed by atoms with Gasteiger partial charge in [-0.15, -0.1) is 0 Å². The summed E-state index contributed by atoms with van der Waals surface area (Å²) < 4.78 is 0. The van der Waals surface area contributed by atoms with Crippen molar-refractivity contribution in [2.24, 2.45) is 11.7 Å². The van der Waals surface area contributed by atoms with E-state index >= 15 is 0 Å². The predicted molar refractivity (Wildman–Crippen MR) is 128 cm³/mol. The molecular formula is C20H26N6O2S2Zn. The number of hydrazine groups is 2. The van der Waals surface area contributed by atoms with E-state index in [1.54, 1.807) is 24.3 Å². The molecule has 0 spiro atoms. The van der Waals surface area contributed by atoms with Crippen molar-refractivity contribution in [3.63, 3.8) is 0 Å². The van der Waals surface area contributed by atoms with Crippen LogP contribution in [0.3, 0.4) is 0 Å². The number of hydrogen-bond donors (Lipinski definition) is 6. The van der Waals surface area contributed by atoms with Gasteiger partial charge in [0.15, 0.2) is 10.2 Å². The fourth-order valence-electron chi connectivity index (χ4n) is 2.50. The van der Waals surface area contributed by atoms with Crippen LogP contribution >= 0.6 is 24.4 Å². The van der Waals surface area contributed by atoms with Gasteiger partial charge in [-0.3, -0.25) is 9.59 Å². The van der Waals surface area contributed by atoms with E-state index in [-0.39, 0.29) is 19.5 Å². The van der Waals surface area contributed by atoms with Crippen LogP contribution in [0.2, 0.25) is 0 Å². The van der Waals surface area contributed by atoms with E-state index in [1.165, 1.54) is 0 Å². The first-order valence-electron chi connectivity index (χ1n) is 9.17. The van der Waals surface area contributed by atoms with Gasteiger partial charge < -0.3 is 21.5 Å². The Morgan fingerprint density at radius 2 is 1.00 bits per heavy atom. The van der Waals surface area contributed by atoms with Crippen molar-refractivity contribution in [3.05, 3.63) is 59.7 Å². The molecule has 162 valence electrons. The zero-order chi connectivity index (χ0) is 22.5. The number of benzene rings is 2. The van der Waals surface area contributed by atoms with E-state index in [4.69, 9.17) is 11.7 Å². The van der Waals surface area contributed by atoms with E-state index in [1.807, 2.05) is 38.1 Å². The molecule has 0 atom stereocenters. The molecule has 0 saturated heterocycles. The van der Waals surface area contributed by atoms with E-state index < -0.39 is 11.6 Å². The molecule has 8 N–H and O–H groups in total. The molecule has 0 amide bonds. The maximum absolute atomic E-state index is 11.8. The first kappa shape index (κ1) is 28.7. The van der Waals surface area contributed by atoms with Gasteiger partial charge in [-0.2, -0.15) is 0 Å². The summed E-state index contributed by atoms with van der Waals surface area (Å²) in [5, 5.41) is 6.56. The third kappa shape index (κ3) is 8.76. The van der Waals surface area contributed by atoms with Crippen LogP contribution in [0.25, 0.3) is 11.1 Å². The summed E-state index contributed by atoms with van der Waals surface area (Å²) in [6.45, 7) is 5.51. The summed E-state index contributed by atoms with van der Waals surface area (Å²) >= 11 is 9.21. The maximum Gasteiger partial charge on any atom is 0.234 e. The number of ketones is 2. The second-order valence-corrected chi connectivity index (χ2v) is 6.57. The first-order valence-corrected chi connectivity index (χ1v) is 9.99. The number of nitrogens with one attached hydrogen (secondary N) is 4. The van der Waals surface area contributed by atoms with Crippen LogP contribution < -0.4 is 33.2 Å². The van der Waals surface area contributed by atoms with Gasteiger partial charge in [-0.1, -0.05) is 48.5 Å². The molecule has 2 aromatic carbocycles. The molecule has 0 aromatic heterocycles. The predicted octanol–water partition coefficient (Wildman–Crippen LogP) is 1.42. The van der Waals surface area contributed by atoms with Crippen molar-refractivity contribution in [3.8, 4) is 11.1 Å². The van der Waals surface area contributed by atoms with Crippen LogP contribution in [0.1, 0.15) is 34.6 Å². The first-order chi connectivity index (χ1) is 14.4. The molecule has 0 fully saturated rings. The molecule has 0 aliphatic heterocycles. The van der Waals surface area contributed by atoms with Gasteiger partial charge in [0, 0.05) is 43.7 Å². The van der Waals surface area contributed by atoms with Gasteiger partial charge in [0.25, 0.3) is 0 Å².